The Morgan fingerprint density at radius 3 is 2.67 bits per heavy atom. The number of likely N-dealkylation sites (tertiary alicyclic amines) is 1. The second-order valence-corrected chi connectivity index (χ2v) is 7.95. The molecule has 146 valence electrons. The maximum absolute atomic E-state index is 13.4. The van der Waals surface area contributed by atoms with Gasteiger partial charge in [-0.1, -0.05) is 55.7 Å². The molecule has 0 spiro atoms. The average Bonchev–Trinajstić information content (AvgIpc) is 3.03. The normalized spacial score (nSPS) is 23.4. The number of hydrogen-bond donors (Lipinski definition) is 1. The van der Waals surface area contributed by atoms with Gasteiger partial charge in [0.25, 0.3) is 0 Å². The van der Waals surface area contributed by atoms with Gasteiger partial charge in [-0.15, -0.1) is 6.58 Å². The molecule has 1 aliphatic carbocycles. The van der Waals surface area contributed by atoms with Crippen LogP contribution in [0.4, 0.5) is 0 Å². The van der Waals surface area contributed by atoms with Crippen molar-refractivity contribution in [3.8, 4) is 0 Å². The zero-order valence-corrected chi connectivity index (χ0v) is 16.3. The minimum atomic E-state index is -0.711. The molecule has 1 aromatic rings. The van der Waals surface area contributed by atoms with Crippen molar-refractivity contribution in [3.05, 3.63) is 48.6 Å². The number of rotatable bonds is 8. The zero-order valence-electron chi connectivity index (χ0n) is 16.3. The molecular formula is C23H32N2O2. The lowest BCUT2D eigenvalue weighted by Crippen LogP contribution is -2.58. The minimum Gasteiger partial charge on any atom is -0.351 e. The van der Waals surface area contributed by atoms with Crippen LogP contribution in [0.2, 0.25) is 0 Å². The highest BCUT2D eigenvalue weighted by Gasteiger charge is 2.50. The lowest BCUT2D eigenvalue weighted by atomic mass is 9.87. The molecule has 4 nitrogen and oxygen atoms in total. The lowest BCUT2D eigenvalue weighted by molar-refractivity contribution is -0.142. The van der Waals surface area contributed by atoms with E-state index in [1.807, 2.05) is 29.2 Å². The van der Waals surface area contributed by atoms with Crippen molar-refractivity contribution in [3.63, 3.8) is 0 Å². The predicted molar refractivity (Wildman–Crippen MR) is 108 cm³/mol. The van der Waals surface area contributed by atoms with E-state index in [1.54, 1.807) is 0 Å². The summed E-state index contributed by atoms with van der Waals surface area (Å²) in [5.74, 6) is 0.156. The van der Waals surface area contributed by atoms with Crippen molar-refractivity contribution in [1.29, 1.82) is 0 Å². The van der Waals surface area contributed by atoms with Crippen molar-refractivity contribution in [2.24, 2.45) is 0 Å². The summed E-state index contributed by atoms with van der Waals surface area (Å²) >= 11 is 0. The van der Waals surface area contributed by atoms with Crippen LogP contribution in [0.15, 0.2) is 43.0 Å². The smallest absolute Gasteiger partial charge is 0.246 e. The molecule has 1 N–H and O–H groups in total. The van der Waals surface area contributed by atoms with E-state index < -0.39 is 5.54 Å². The first-order valence-corrected chi connectivity index (χ1v) is 10.4. The van der Waals surface area contributed by atoms with Crippen LogP contribution in [-0.2, 0) is 16.0 Å². The van der Waals surface area contributed by atoms with Crippen LogP contribution >= 0.6 is 0 Å². The molecule has 1 aliphatic heterocycles. The molecule has 1 aromatic carbocycles. The number of nitrogens with one attached hydrogen (secondary N) is 1. The van der Waals surface area contributed by atoms with E-state index >= 15 is 0 Å². The maximum atomic E-state index is 13.4. The fourth-order valence-electron chi connectivity index (χ4n) is 4.56. The first-order valence-electron chi connectivity index (χ1n) is 10.4. The molecule has 2 fully saturated rings. The highest BCUT2D eigenvalue weighted by atomic mass is 16.2. The third-order valence-electron chi connectivity index (χ3n) is 6.16. The van der Waals surface area contributed by atoms with Gasteiger partial charge in [-0.25, -0.2) is 0 Å². The molecule has 0 radical (unpaired) electrons. The van der Waals surface area contributed by atoms with Crippen molar-refractivity contribution in [2.45, 2.75) is 75.8 Å². The summed E-state index contributed by atoms with van der Waals surface area (Å²) < 4.78 is 0. The number of carbonyl (C=O) groups is 2. The van der Waals surface area contributed by atoms with Crippen LogP contribution in [0.3, 0.4) is 0 Å². The molecule has 2 aliphatic rings. The summed E-state index contributed by atoms with van der Waals surface area (Å²) in [5, 5.41) is 3.29. The van der Waals surface area contributed by atoms with Gasteiger partial charge in [-0.05, 0) is 44.1 Å². The van der Waals surface area contributed by atoms with Gasteiger partial charge in [0, 0.05) is 19.0 Å². The maximum Gasteiger partial charge on any atom is 0.246 e. The Hall–Kier alpha value is -2.10. The zero-order chi connectivity index (χ0) is 19.1. The topological polar surface area (TPSA) is 49.4 Å². The monoisotopic (exact) mass is 368 g/mol. The summed E-state index contributed by atoms with van der Waals surface area (Å²) in [7, 11) is 0. The van der Waals surface area contributed by atoms with E-state index in [0.717, 1.165) is 25.7 Å². The molecule has 27 heavy (non-hydrogen) atoms. The molecule has 2 amide bonds. The number of nitrogens with zero attached hydrogens (tertiary/aromatic N) is 1. The van der Waals surface area contributed by atoms with Crippen LogP contribution in [0.5, 0.6) is 0 Å². The number of amides is 2. The lowest BCUT2D eigenvalue weighted by Gasteiger charge is -2.39. The summed E-state index contributed by atoms with van der Waals surface area (Å²) in [6.07, 6.45) is 10.9. The summed E-state index contributed by atoms with van der Waals surface area (Å²) in [6.45, 7) is 4.43. The van der Waals surface area contributed by atoms with Gasteiger partial charge in [0.05, 0.1) is 0 Å². The second kappa shape index (κ2) is 9.20. The largest absolute Gasteiger partial charge is 0.351 e. The van der Waals surface area contributed by atoms with E-state index in [1.165, 1.54) is 24.8 Å². The molecule has 4 heteroatoms. The Morgan fingerprint density at radius 1 is 1.22 bits per heavy atom. The van der Waals surface area contributed by atoms with Crippen LogP contribution in [0.1, 0.15) is 63.4 Å². The second-order valence-electron chi connectivity index (χ2n) is 7.95. The van der Waals surface area contributed by atoms with E-state index in [4.69, 9.17) is 0 Å². The summed E-state index contributed by atoms with van der Waals surface area (Å²) in [5.41, 5.74) is 0.486. The Balaban J connectivity index is 1.75. The first kappa shape index (κ1) is 19.7. The first-order chi connectivity index (χ1) is 13.2. The van der Waals surface area contributed by atoms with Gasteiger partial charge in [0.15, 0.2) is 0 Å². The van der Waals surface area contributed by atoms with Crippen molar-refractivity contribution >= 4 is 11.8 Å². The minimum absolute atomic E-state index is 0.0511. The Bertz CT molecular complexity index is 652. The summed E-state index contributed by atoms with van der Waals surface area (Å²) in [4.78, 5) is 27.9. The molecule has 1 saturated carbocycles. The molecule has 1 unspecified atom stereocenters. The molecule has 1 heterocycles. The number of hydrogen-bond acceptors (Lipinski definition) is 2. The predicted octanol–water partition coefficient (Wildman–Crippen LogP) is 4.01. The van der Waals surface area contributed by atoms with Crippen LogP contribution in [0, 0.1) is 0 Å². The van der Waals surface area contributed by atoms with Gasteiger partial charge in [-0.2, -0.15) is 0 Å². The highest BCUT2D eigenvalue weighted by molar-refractivity contribution is 5.95. The molecule has 0 aromatic heterocycles. The van der Waals surface area contributed by atoms with E-state index in [9.17, 15) is 9.59 Å². The SMILES string of the molecule is C=CCCC1(C(=O)NC2CCCCC2)CCC(=O)N1CCc1ccccc1. The number of allylic oxidation sites excluding steroid dienone is 1. The van der Waals surface area contributed by atoms with Gasteiger partial charge in [0.1, 0.15) is 5.54 Å². The molecule has 0 bridgehead atoms. The fraction of sp³-hybridized carbons (Fsp3) is 0.565. The van der Waals surface area contributed by atoms with Gasteiger partial charge >= 0.3 is 0 Å². The van der Waals surface area contributed by atoms with Gasteiger partial charge in [-0.3, -0.25) is 9.59 Å². The third-order valence-corrected chi connectivity index (χ3v) is 6.16. The van der Waals surface area contributed by atoms with Crippen molar-refractivity contribution < 1.29 is 9.59 Å². The molecule has 1 atom stereocenters. The Kier molecular flexibility index (Phi) is 6.70. The fourth-order valence-corrected chi connectivity index (χ4v) is 4.56. The molecular weight excluding hydrogens is 336 g/mol. The Labute approximate surface area is 163 Å². The highest BCUT2D eigenvalue weighted by Crippen LogP contribution is 2.36. The number of benzene rings is 1. The van der Waals surface area contributed by atoms with E-state index in [-0.39, 0.29) is 17.9 Å². The quantitative estimate of drug-likeness (QED) is 0.705. The van der Waals surface area contributed by atoms with Gasteiger partial charge < -0.3 is 10.2 Å². The van der Waals surface area contributed by atoms with E-state index in [2.05, 4.69) is 24.0 Å². The van der Waals surface area contributed by atoms with Gasteiger partial charge in [0.2, 0.25) is 11.8 Å². The van der Waals surface area contributed by atoms with Crippen LogP contribution in [0.25, 0.3) is 0 Å². The van der Waals surface area contributed by atoms with E-state index in [0.29, 0.717) is 25.8 Å². The standard InChI is InChI=1S/C23H32N2O2/c1-2-3-16-23(22(27)24-20-12-8-5-9-13-20)17-14-21(26)25(23)18-15-19-10-6-4-7-11-19/h2,4,6-7,10-11,20H,1,3,5,8-9,12-18H2,(H,24,27). The number of carbonyl (C=O) groups excluding carboxylic acids is 2. The van der Waals surface area contributed by atoms with Crippen molar-refractivity contribution in [1.82, 2.24) is 10.2 Å². The molecule has 1 saturated heterocycles. The van der Waals surface area contributed by atoms with Crippen LogP contribution in [-0.4, -0.2) is 34.8 Å². The Morgan fingerprint density at radius 2 is 1.96 bits per heavy atom. The average molecular weight is 369 g/mol. The molecule has 3 rings (SSSR count). The van der Waals surface area contributed by atoms with Crippen LogP contribution < -0.4 is 5.32 Å². The summed E-state index contributed by atoms with van der Waals surface area (Å²) in [6, 6.07) is 10.4. The third kappa shape index (κ3) is 4.60. The van der Waals surface area contributed by atoms with Crippen molar-refractivity contribution in [2.75, 3.05) is 6.54 Å².